The van der Waals surface area contributed by atoms with Gasteiger partial charge < -0.3 is 10.6 Å². The van der Waals surface area contributed by atoms with Crippen molar-refractivity contribution in [2.45, 2.75) is 32.7 Å². The summed E-state index contributed by atoms with van der Waals surface area (Å²) in [7, 11) is 1.55. The predicted molar refractivity (Wildman–Crippen MR) is 46.6 cm³/mol. The van der Waals surface area contributed by atoms with Crippen LogP contribution in [0.5, 0.6) is 0 Å². The van der Waals surface area contributed by atoms with Gasteiger partial charge in [-0.05, 0) is 13.3 Å². The van der Waals surface area contributed by atoms with Crippen LogP contribution in [0.25, 0.3) is 0 Å². The molecule has 1 unspecified atom stereocenters. The fourth-order valence-corrected chi connectivity index (χ4v) is 0.970. The van der Waals surface area contributed by atoms with E-state index >= 15 is 0 Å². The molecule has 0 aliphatic carbocycles. The minimum Gasteiger partial charge on any atom is -0.357 e. The molecule has 0 aliphatic heterocycles. The van der Waals surface area contributed by atoms with Gasteiger partial charge in [0.2, 0.25) is 11.8 Å². The molecule has 2 N–H and O–H groups in total. The number of hydrogen-bond donors (Lipinski definition) is 2. The van der Waals surface area contributed by atoms with Gasteiger partial charge in [-0.3, -0.25) is 9.59 Å². The first kappa shape index (κ1) is 10.9. The van der Waals surface area contributed by atoms with E-state index in [1.165, 1.54) is 6.92 Å². The van der Waals surface area contributed by atoms with Crippen LogP contribution in [0.3, 0.4) is 0 Å². The van der Waals surface area contributed by atoms with Gasteiger partial charge >= 0.3 is 0 Å². The summed E-state index contributed by atoms with van der Waals surface area (Å²) in [5.41, 5.74) is -0.777. The van der Waals surface area contributed by atoms with E-state index < -0.39 is 5.54 Å². The van der Waals surface area contributed by atoms with Crippen LogP contribution in [0.2, 0.25) is 0 Å². The Labute approximate surface area is 72.7 Å². The average Bonchev–Trinajstić information content (AvgIpc) is 2.01. The lowest BCUT2D eigenvalue weighted by atomic mass is 9.98. The SMILES string of the molecule is CCC(C)(NC(C)=O)C(=O)NC. The van der Waals surface area contributed by atoms with Crippen molar-refractivity contribution < 1.29 is 9.59 Å². The van der Waals surface area contributed by atoms with Crippen LogP contribution in [0.15, 0.2) is 0 Å². The third-order valence-corrected chi connectivity index (χ3v) is 1.89. The molecule has 0 bridgehead atoms. The summed E-state index contributed by atoms with van der Waals surface area (Å²) in [4.78, 5) is 22.0. The Bertz CT molecular complexity index is 191. The van der Waals surface area contributed by atoms with Crippen LogP contribution in [0.1, 0.15) is 27.2 Å². The van der Waals surface area contributed by atoms with Gasteiger partial charge in [-0.1, -0.05) is 6.92 Å². The molecule has 70 valence electrons. The molecule has 4 heteroatoms. The Hall–Kier alpha value is -1.06. The van der Waals surface area contributed by atoms with E-state index in [1.807, 2.05) is 6.92 Å². The van der Waals surface area contributed by atoms with Crippen molar-refractivity contribution in [1.29, 1.82) is 0 Å². The maximum atomic E-state index is 11.3. The van der Waals surface area contributed by atoms with Crippen LogP contribution < -0.4 is 10.6 Å². The maximum absolute atomic E-state index is 11.3. The lowest BCUT2D eigenvalue weighted by Gasteiger charge is -2.26. The first-order valence-electron chi connectivity index (χ1n) is 3.97. The largest absolute Gasteiger partial charge is 0.357 e. The zero-order valence-electron chi connectivity index (χ0n) is 8.02. The Morgan fingerprint density at radius 2 is 1.92 bits per heavy atom. The fourth-order valence-electron chi connectivity index (χ4n) is 0.970. The summed E-state index contributed by atoms with van der Waals surface area (Å²) >= 11 is 0. The second-order valence-electron chi connectivity index (χ2n) is 2.95. The number of likely N-dealkylation sites (N-methyl/N-ethyl adjacent to an activating group) is 1. The van der Waals surface area contributed by atoms with Gasteiger partial charge in [-0.25, -0.2) is 0 Å². The summed E-state index contributed by atoms with van der Waals surface area (Å²) in [6.07, 6.45) is 0.576. The van der Waals surface area contributed by atoms with Crippen molar-refractivity contribution >= 4 is 11.8 Å². The highest BCUT2D eigenvalue weighted by atomic mass is 16.2. The molecule has 0 radical (unpaired) electrons. The Balaban J connectivity index is 4.44. The third kappa shape index (κ3) is 2.53. The Morgan fingerprint density at radius 1 is 1.42 bits per heavy atom. The first-order valence-corrected chi connectivity index (χ1v) is 3.97. The van der Waals surface area contributed by atoms with E-state index in [4.69, 9.17) is 0 Å². The molecule has 0 rings (SSSR count). The molecule has 2 amide bonds. The molecule has 4 nitrogen and oxygen atoms in total. The number of nitrogens with one attached hydrogen (secondary N) is 2. The van der Waals surface area contributed by atoms with Crippen LogP contribution in [-0.2, 0) is 9.59 Å². The minimum absolute atomic E-state index is 0.166. The van der Waals surface area contributed by atoms with Crippen LogP contribution in [-0.4, -0.2) is 24.4 Å². The van der Waals surface area contributed by atoms with Crippen molar-refractivity contribution in [3.8, 4) is 0 Å². The summed E-state index contributed by atoms with van der Waals surface area (Å²) < 4.78 is 0. The summed E-state index contributed by atoms with van der Waals surface area (Å²) in [6, 6.07) is 0. The van der Waals surface area contributed by atoms with E-state index in [9.17, 15) is 9.59 Å². The summed E-state index contributed by atoms with van der Waals surface area (Å²) in [5.74, 6) is -0.358. The monoisotopic (exact) mass is 172 g/mol. The number of rotatable bonds is 3. The molecule has 0 spiro atoms. The van der Waals surface area contributed by atoms with E-state index in [2.05, 4.69) is 10.6 Å². The number of carbonyl (C=O) groups excluding carboxylic acids is 2. The summed E-state index contributed by atoms with van der Waals surface area (Å²) in [5, 5.41) is 5.11. The van der Waals surface area contributed by atoms with Crippen LogP contribution in [0.4, 0.5) is 0 Å². The third-order valence-electron chi connectivity index (χ3n) is 1.89. The highest BCUT2D eigenvalue weighted by Crippen LogP contribution is 2.08. The highest BCUT2D eigenvalue weighted by molar-refractivity contribution is 5.90. The van der Waals surface area contributed by atoms with Gasteiger partial charge in [-0.2, -0.15) is 0 Å². The van der Waals surface area contributed by atoms with Gasteiger partial charge in [0.1, 0.15) is 5.54 Å². The van der Waals surface area contributed by atoms with E-state index in [0.29, 0.717) is 6.42 Å². The average molecular weight is 172 g/mol. The smallest absolute Gasteiger partial charge is 0.245 e. The normalized spacial score (nSPS) is 14.7. The van der Waals surface area contributed by atoms with Crippen molar-refractivity contribution in [1.82, 2.24) is 10.6 Å². The lowest BCUT2D eigenvalue weighted by molar-refractivity contribution is -0.132. The van der Waals surface area contributed by atoms with Gasteiger partial charge in [0, 0.05) is 14.0 Å². The molecule has 0 aromatic rings. The first-order chi connectivity index (χ1) is 5.46. The summed E-state index contributed by atoms with van der Waals surface area (Å²) in [6.45, 7) is 4.95. The van der Waals surface area contributed by atoms with Gasteiger partial charge in [0.05, 0.1) is 0 Å². The Morgan fingerprint density at radius 3 is 2.17 bits per heavy atom. The highest BCUT2D eigenvalue weighted by Gasteiger charge is 2.30. The van der Waals surface area contributed by atoms with Gasteiger partial charge in [0.25, 0.3) is 0 Å². The Kier molecular flexibility index (Phi) is 3.73. The lowest BCUT2D eigenvalue weighted by Crippen LogP contribution is -2.55. The molecule has 0 aromatic carbocycles. The second kappa shape index (κ2) is 4.09. The van der Waals surface area contributed by atoms with Crippen molar-refractivity contribution in [3.05, 3.63) is 0 Å². The maximum Gasteiger partial charge on any atom is 0.245 e. The molecular formula is C8H16N2O2. The quantitative estimate of drug-likeness (QED) is 0.631. The van der Waals surface area contributed by atoms with Crippen LogP contribution >= 0.6 is 0 Å². The van der Waals surface area contributed by atoms with Crippen molar-refractivity contribution in [3.63, 3.8) is 0 Å². The molecular weight excluding hydrogens is 156 g/mol. The molecule has 0 aromatic heterocycles. The van der Waals surface area contributed by atoms with E-state index in [1.54, 1.807) is 14.0 Å². The second-order valence-corrected chi connectivity index (χ2v) is 2.95. The number of carbonyl (C=O) groups is 2. The fraction of sp³-hybridized carbons (Fsp3) is 0.750. The molecule has 12 heavy (non-hydrogen) atoms. The molecule has 0 fully saturated rings. The standard InChI is InChI=1S/C8H16N2O2/c1-5-8(3,7(12)9-4)10-6(2)11/h5H2,1-4H3,(H,9,12)(H,10,11). The molecule has 1 atom stereocenters. The van der Waals surface area contributed by atoms with Crippen molar-refractivity contribution in [2.75, 3.05) is 7.05 Å². The minimum atomic E-state index is -0.777. The topological polar surface area (TPSA) is 58.2 Å². The van der Waals surface area contributed by atoms with Gasteiger partial charge in [-0.15, -0.1) is 0 Å². The number of hydrogen-bond acceptors (Lipinski definition) is 2. The van der Waals surface area contributed by atoms with Crippen molar-refractivity contribution in [2.24, 2.45) is 0 Å². The van der Waals surface area contributed by atoms with E-state index in [0.717, 1.165) is 0 Å². The molecule has 0 heterocycles. The molecule has 0 saturated heterocycles. The molecule has 0 saturated carbocycles. The zero-order valence-corrected chi connectivity index (χ0v) is 8.02. The zero-order chi connectivity index (χ0) is 9.78. The molecule has 0 aliphatic rings. The van der Waals surface area contributed by atoms with Crippen LogP contribution in [0, 0.1) is 0 Å². The van der Waals surface area contributed by atoms with Gasteiger partial charge in [0.15, 0.2) is 0 Å². The predicted octanol–water partition coefficient (Wildman–Crippen LogP) is 0.0372. The number of amides is 2. The van der Waals surface area contributed by atoms with E-state index in [-0.39, 0.29) is 11.8 Å².